The van der Waals surface area contributed by atoms with E-state index in [9.17, 15) is 0 Å². The fraction of sp³-hybridized carbons (Fsp3) is 0.217. The first-order chi connectivity index (χ1) is 25.0. The van der Waals surface area contributed by atoms with Crippen LogP contribution in [0, 0.1) is 32.6 Å². The molecule has 0 unspecified atom stereocenters. The van der Waals surface area contributed by atoms with Crippen LogP contribution in [0.25, 0.3) is 0 Å². The van der Waals surface area contributed by atoms with Gasteiger partial charge in [-0.1, -0.05) is 106 Å². The molecule has 0 saturated carbocycles. The average molecular weight is 871 g/mol. The fourth-order valence-electron chi connectivity index (χ4n) is 8.11. The average Bonchev–Trinajstić information content (AvgIpc) is 3.66. The van der Waals surface area contributed by atoms with Gasteiger partial charge in [0.25, 0.3) is 0 Å². The number of hydrogen-bond acceptors (Lipinski definition) is 5. The molecule has 9 rings (SSSR count). The molecule has 0 fully saturated rings. The third-order valence-corrected chi connectivity index (χ3v) is 10.8. The van der Waals surface area contributed by atoms with E-state index in [1.54, 1.807) is 0 Å². The first-order valence-corrected chi connectivity index (χ1v) is 18.2. The normalized spacial score (nSPS) is 14.9. The largest absolute Gasteiger partial charge is 3.00 e. The molecule has 0 radical (unpaired) electrons. The Labute approximate surface area is 329 Å². The second-order valence-electron chi connectivity index (χ2n) is 15.6. The zero-order valence-electron chi connectivity index (χ0n) is 31.8. The van der Waals surface area contributed by atoms with Gasteiger partial charge in [0.05, 0.1) is 0 Å². The predicted octanol–water partition coefficient (Wildman–Crippen LogP) is 10.3. The molecule has 0 bridgehead atoms. The van der Waals surface area contributed by atoms with Crippen molar-refractivity contribution in [2.24, 2.45) is 0 Å². The second kappa shape index (κ2) is 13.9. The van der Waals surface area contributed by atoms with Crippen molar-refractivity contribution < 1.29 is 20.1 Å². The number of para-hydroxylation sites is 4. The van der Waals surface area contributed by atoms with E-state index >= 15 is 0 Å². The quantitative estimate of drug-likeness (QED) is 0.130. The summed E-state index contributed by atoms with van der Waals surface area (Å²) in [5.41, 5.74) is 15.0. The van der Waals surface area contributed by atoms with Gasteiger partial charge in [0.15, 0.2) is 0 Å². The van der Waals surface area contributed by atoms with Crippen molar-refractivity contribution in [2.75, 3.05) is 26.5 Å². The van der Waals surface area contributed by atoms with Crippen LogP contribution in [-0.2, 0) is 30.9 Å². The summed E-state index contributed by atoms with van der Waals surface area (Å²) in [6, 6.07) is 47.6. The summed E-state index contributed by atoms with van der Waals surface area (Å²) in [6.45, 7) is 17.8. The second-order valence-corrected chi connectivity index (χ2v) is 15.6. The fourth-order valence-corrected chi connectivity index (χ4v) is 8.11. The van der Waals surface area contributed by atoms with Crippen LogP contribution in [0.3, 0.4) is 0 Å². The van der Waals surface area contributed by atoms with E-state index in [0.717, 1.165) is 22.9 Å². The summed E-state index contributed by atoms with van der Waals surface area (Å²) in [7, 11) is 2.10. The Balaban J connectivity index is 0.000000184. The molecule has 0 saturated heterocycles. The van der Waals surface area contributed by atoms with Crippen LogP contribution >= 0.6 is 0 Å². The van der Waals surface area contributed by atoms with Gasteiger partial charge in [-0.2, -0.15) is 49.1 Å². The van der Waals surface area contributed by atoms with Crippen LogP contribution in [0.15, 0.2) is 121 Å². The van der Waals surface area contributed by atoms with E-state index < -0.39 is 0 Å². The first kappa shape index (κ1) is 36.5. The Morgan fingerprint density at radius 1 is 0.717 bits per heavy atom. The zero-order chi connectivity index (χ0) is 36.4. The minimum Gasteiger partial charge on any atom is -0.504 e. The van der Waals surface area contributed by atoms with Crippen molar-refractivity contribution in [1.29, 1.82) is 0 Å². The number of benzene rings is 5. The molecule has 0 spiro atoms. The summed E-state index contributed by atoms with van der Waals surface area (Å²) in [5, 5.41) is 0. The molecule has 1 aromatic heterocycles. The zero-order valence-corrected chi connectivity index (χ0v) is 34.2. The molecule has 0 atom stereocenters. The molecule has 0 aliphatic carbocycles. The van der Waals surface area contributed by atoms with Gasteiger partial charge in [-0.15, -0.1) is 17.3 Å². The maximum Gasteiger partial charge on any atom is 3.00 e. The van der Waals surface area contributed by atoms with Gasteiger partial charge in [-0.3, -0.25) is 0 Å². The first-order valence-electron chi connectivity index (χ1n) is 18.2. The van der Waals surface area contributed by atoms with Gasteiger partial charge in [0.1, 0.15) is 5.82 Å². The Morgan fingerprint density at radius 2 is 1.36 bits per heavy atom. The smallest absolute Gasteiger partial charge is 0.504 e. The Hall–Kier alpha value is -4.84. The predicted molar refractivity (Wildman–Crippen MR) is 219 cm³/mol. The minimum atomic E-state index is -0.0648. The van der Waals surface area contributed by atoms with Crippen LogP contribution < -0.4 is 24.9 Å². The number of rotatable bonds is 3. The van der Waals surface area contributed by atoms with Crippen molar-refractivity contribution >= 4 is 52.4 Å². The SMILES string of the molecule is CN1[CH-]N2c3[c-]cccc3C(C)(C)c3cccc1c32.Cc1cccc(C)c1B1N(c2cc(C(C)(C)C)ccn2)c2[c-]cccc2N1c1ccccc1.[Ir+3]. The Bertz CT molecular complexity index is 2260. The maximum atomic E-state index is 4.88. The van der Waals surface area contributed by atoms with Gasteiger partial charge in [0, 0.05) is 23.3 Å². The van der Waals surface area contributed by atoms with Gasteiger partial charge in [0.2, 0.25) is 0 Å². The molecule has 5 nitrogen and oxygen atoms in total. The number of hydrogen-bond donors (Lipinski definition) is 0. The van der Waals surface area contributed by atoms with E-state index in [1.165, 1.54) is 50.3 Å². The van der Waals surface area contributed by atoms with E-state index in [4.69, 9.17) is 4.98 Å². The summed E-state index contributed by atoms with van der Waals surface area (Å²) in [6.07, 6.45) is 1.94. The minimum absolute atomic E-state index is 0. The number of aryl methyl sites for hydroxylation is 2. The van der Waals surface area contributed by atoms with Gasteiger partial charge in [-0.05, 0) is 78.6 Å². The van der Waals surface area contributed by atoms with Crippen molar-refractivity contribution in [3.63, 3.8) is 0 Å². The van der Waals surface area contributed by atoms with Crippen molar-refractivity contribution in [3.8, 4) is 0 Å². The molecule has 6 aromatic rings. The number of fused-ring (bicyclic) bond motifs is 3. The Kier molecular flexibility index (Phi) is 9.55. The molecule has 266 valence electrons. The van der Waals surface area contributed by atoms with Gasteiger partial charge >= 0.3 is 27.1 Å². The van der Waals surface area contributed by atoms with Crippen molar-refractivity contribution in [2.45, 2.75) is 59.3 Å². The summed E-state index contributed by atoms with van der Waals surface area (Å²) < 4.78 is 0. The van der Waals surface area contributed by atoms with Crippen LogP contribution in [0.1, 0.15) is 62.4 Å². The van der Waals surface area contributed by atoms with Crippen molar-refractivity contribution in [1.82, 2.24) is 4.98 Å². The number of pyridine rings is 1. The summed E-state index contributed by atoms with van der Waals surface area (Å²) in [4.78, 5) is 14.1. The number of nitrogens with zero attached hydrogens (tertiary/aromatic N) is 5. The van der Waals surface area contributed by atoms with E-state index in [2.05, 4.69) is 197 Å². The van der Waals surface area contributed by atoms with E-state index in [1.807, 2.05) is 18.3 Å². The van der Waals surface area contributed by atoms with E-state index in [0.29, 0.717) is 0 Å². The Morgan fingerprint density at radius 3 is 2.08 bits per heavy atom. The van der Waals surface area contributed by atoms with Crippen molar-refractivity contribution in [3.05, 3.63) is 168 Å². The standard InChI is InChI=1S/C29H29BN3.C17H16N2.Ir/c1-21-12-11-13-22(2)28(21)30-32(24-14-7-6-8-15-24)25-16-9-10-17-26(25)33(30)27-20-23(18-19-31-27)29(3,4)5;1-17(2)12-7-4-5-9-14(12)19-11-18(3)15-10-6-8-13(17)16(15)19;/h6-16,18-20H,1-5H3;4-8,10-11H,1-3H3;/q-1;-2;+3. The summed E-state index contributed by atoms with van der Waals surface area (Å²) in [5.74, 6) is 0.942. The number of anilines is 7. The van der Waals surface area contributed by atoms with Crippen LogP contribution in [0.4, 0.5) is 39.9 Å². The summed E-state index contributed by atoms with van der Waals surface area (Å²) >= 11 is 0. The number of aromatic nitrogens is 1. The molecule has 0 amide bonds. The van der Waals surface area contributed by atoms with E-state index in [-0.39, 0.29) is 37.9 Å². The molecule has 5 aromatic carbocycles. The molecular formula is C46H45BIrN5. The maximum absolute atomic E-state index is 4.88. The molecule has 3 aliphatic heterocycles. The van der Waals surface area contributed by atoms with Crippen LogP contribution in [0.5, 0.6) is 0 Å². The molecule has 4 heterocycles. The molecule has 53 heavy (non-hydrogen) atoms. The molecule has 7 heteroatoms. The molecule has 0 N–H and O–H groups in total. The van der Waals surface area contributed by atoms with Crippen LogP contribution in [0.2, 0.25) is 0 Å². The third kappa shape index (κ3) is 6.14. The molecule has 3 aliphatic rings. The van der Waals surface area contributed by atoms with Crippen LogP contribution in [-0.4, -0.2) is 19.0 Å². The topological polar surface area (TPSA) is 25.9 Å². The monoisotopic (exact) mass is 871 g/mol. The molecular weight excluding hydrogens is 826 g/mol. The van der Waals surface area contributed by atoms with Gasteiger partial charge in [-0.25, -0.2) is 4.98 Å². The van der Waals surface area contributed by atoms with Gasteiger partial charge < -0.3 is 19.4 Å². The third-order valence-electron chi connectivity index (χ3n) is 10.8.